The van der Waals surface area contributed by atoms with E-state index in [0.717, 1.165) is 12.5 Å². The molecule has 0 rings (SSSR count). The van der Waals surface area contributed by atoms with Crippen molar-refractivity contribution < 1.29 is 4.43 Å². The van der Waals surface area contributed by atoms with Gasteiger partial charge in [-0.3, -0.25) is 0 Å². The van der Waals surface area contributed by atoms with E-state index < -0.39 is 8.32 Å². The van der Waals surface area contributed by atoms with E-state index in [9.17, 15) is 0 Å². The molecule has 0 aliphatic carbocycles. The first kappa shape index (κ1) is 12.9. The summed E-state index contributed by atoms with van der Waals surface area (Å²) in [5.41, 5.74) is 0. The second-order valence-corrected chi connectivity index (χ2v) is 8.56. The third kappa shape index (κ3) is 4.63. The third-order valence-corrected chi connectivity index (χ3v) is 7.49. The lowest BCUT2D eigenvalue weighted by Gasteiger charge is -2.30. The summed E-state index contributed by atoms with van der Waals surface area (Å²) in [7, 11) is -1.40. The molecule has 0 saturated heterocycles. The topological polar surface area (TPSA) is 9.23 Å². The van der Waals surface area contributed by atoms with Gasteiger partial charge in [0.05, 0.1) is 6.61 Å². The highest BCUT2D eigenvalue weighted by molar-refractivity contribution is 6.73. The fraction of sp³-hybridized carbons (Fsp3) is 0.818. The summed E-state index contributed by atoms with van der Waals surface area (Å²) in [6, 6.07) is 3.75. The smallest absolute Gasteiger partial charge is 0.192 e. The fourth-order valence-corrected chi connectivity index (χ4v) is 5.34. The molecule has 0 atom stereocenters. The highest BCUT2D eigenvalue weighted by Crippen LogP contribution is 2.26. The molecule has 0 bridgehead atoms. The molecule has 0 aromatic carbocycles. The third-order valence-electron chi connectivity index (χ3n) is 2.58. The van der Waals surface area contributed by atoms with Crippen LogP contribution in [0.15, 0.2) is 12.7 Å². The van der Waals surface area contributed by atoms with E-state index in [1.165, 1.54) is 18.1 Å². The SMILES string of the molecule is C=CCO[Si](CC)(CC)CC(C)C. The Kier molecular flexibility index (Phi) is 6.34. The van der Waals surface area contributed by atoms with E-state index in [-0.39, 0.29) is 0 Å². The van der Waals surface area contributed by atoms with E-state index in [1.807, 2.05) is 6.08 Å². The zero-order valence-corrected chi connectivity index (χ0v) is 10.6. The molecule has 0 unspecified atom stereocenters. The average Bonchev–Trinajstić information content (AvgIpc) is 2.12. The average molecular weight is 200 g/mol. The lowest BCUT2D eigenvalue weighted by Crippen LogP contribution is -2.38. The van der Waals surface area contributed by atoms with Gasteiger partial charge in [0.25, 0.3) is 0 Å². The van der Waals surface area contributed by atoms with Crippen molar-refractivity contribution in [2.45, 2.75) is 45.8 Å². The van der Waals surface area contributed by atoms with Crippen LogP contribution >= 0.6 is 0 Å². The molecule has 1 nitrogen and oxygen atoms in total. The normalized spacial score (nSPS) is 12.1. The predicted molar refractivity (Wildman–Crippen MR) is 62.5 cm³/mol. The summed E-state index contributed by atoms with van der Waals surface area (Å²) in [5.74, 6) is 0.761. The van der Waals surface area contributed by atoms with E-state index in [2.05, 4.69) is 34.3 Å². The van der Waals surface area contributed by atoms with Gasteiger partial charge in [-0.15, -0.1) is 6.58 Å². The van der Waals surface area contributed by atoms with Crippen molar-refractivity contribution in [2.75, 3.05) is 6.61 Å². The van der Waals surface area contributed by atoms with Gasteiger partial charge in [0, 0.05) is 0 Å². The van der Waals surface area contributed by atoms with E-state index in [1.54, 1.807) is 0 Å². The van der Waals surface area contributed by atoms with Crippen molar-refractivity contribution in [2.24, 2.45) is 5.92 Å². The number of hydrogen-bond acceptors (Lipinski definition) is 1. The van der Waals surface area contributed by atoms with Crippen LogP contribution in [0.25, 0.3) is 0 Å². The molecule has 0 radical (unpaired) electrons. The zero-order valence-electron chi connectivity index (χ0n) is 9.60. The molecule has 2 heteroatoms. The van der Waals surface area contributed by atoms with Crippen LogP contribution in [-0.2, 0) is 4.43 Å². The quantitative estimate of drug-likeness (QED) is 0.448. The molecule has 0 aromatic heterocycles. The van der Waals surface area contributed by atoms with E-state index >= 15 is 0 Å². The molecule has 0 N–H and O–H groups in total. The van der Waals surface area contributed by atoms with Crippen LogP contribution in [0.3, 0.4) is 0 Å². The number of hydrogen-bond donors (Lipinski definition) is 0. The van der Waals surface area contributed by atoms with Gasteiger partial charge in [-0.1, -0.05) is 33.8 Å². The molecule has 0 aliphatic rings. The maximum atomic E-state index is 6.01. The van der Waals surface area contributed by atoms with Crippen molar-refractivity contribution in [3.05, 3.63) is 12.7 Å². The molecule has 0 aromatic rings. The van der Waals surface area contributed by atoms with E-state index in [0.29, 0.717) is 0 Å². The molecule has 0 fully saturated rings. The summed E-state index contributed by atoms with van der Waals surface area (Å²) in [6.07, 6.45) is 1.87. The second-order valence-electron chi connectivity index (χ2n) is 4.09. The van der Waals surface area contributed by atoms with Crippen LogP contribution in [0, 0.1) is 5.92 Å². The Labute approximate surface area is 84.3 Å². The Morgan fingerprint density at radius 3 is 2.15 bits per heavy atom. The molecule has 0 heterocycles. The van der Waals surface area contributed by atoms with E-state index in [4.69, 9.17) is 4.43 Å². The van der Waals surface area contributed by atoms with Gasteiger partial charge < -0.3 is 4.43 Å². The molecular formula is C11H24OSi. The van der Waals surface area contributed by atoms with Crippen LogP contribution in [0.5, 0.6) is 0 Å². The standard InChI is InChI=1S/C11H24OSi/c1-6-9-12-13(7-2,8-3)10-11(4)5/h6,11H,1,7-10H2,2-5H3. The van der Waals surface area contributed by atoms with Crippen molar-refractivity contribution in [3.8, 4) is 0 Å². The Morgan fingerprint density at radius 1 is 1.31 bits per heavy atom. The Balaban J connectivity index is 4.20. The maximum Gasteiger partial charge on any atom is 0.192 e. The lowest BCUT2D eigenvalue weighted by atomic mass is 10.3. The summed E-state index contributed by atoms with van der Waals surface area (Å²) in [5, 5.41) is 0. The zero-order chi connectivity index (χ0) is 10.3. The van der Waals surface area contributed by atoms with Gasteiger partial charge >= 0.3 is 0 Å². The van der Waals surface area contributed by atoms with Gasteiger partial charge in [0.2, 0.25) is 0 Å². The number of rotatable bonds is 7. The summed E-state index contributed by atoms with van der Waals surface area (Å²) < 4.78 is 6.01. The predicted octanol–water partition coefficient (Wildman–Crippen LogP) is 3.83. The van der Waals surface area contributed by atoms with Crippen molar-refractivity contribution in [3.63, 3.8) is 0 Å². The minimum absolute atomic E-state index is 0.737. The van der Waals surface area contributed by atoms with Crippen LogP contribution in [0.1, 0.15) is 27.7 Å². The highest BCUT2D eigenvalue weighted by Gasteiger charge is 2.31. The molecular weight excluding hydrogens is 176 g/mol. The van der Waals surface area contributed by atoms with Crippen LogP contribution < -0.4 is 0 Å². The van der Waals surface area contributed by atoms with Crippen LogP contribution in [0.2, 0.25) is 18.1 Å². The van der Waals surface area contributed by atoms with Gasteiger partial charge in [-0.05, 0) is 24.1 Å². The summed E-state index contributed by atoms with van der Waals surface area (Å²) in [6.45, 7) is 13.5. The lowest BCUT2D eigenvalue weighted by molar-refractivity contribution is 0.336. The first-order chi connectivity index (χ1) is 6.10. The van der Waals surface area contributed by atoms with Crippen molar-refractivity contribution in [1.82, 2.24) is 0 Å². The molecule has 13 heavy (non-hydrogen) atoms. The monoisotopic (exact) mass is 200 g/mol. The fourth-order valence-electron chi connectivity index (χ4n) is 1.78. The Bertz CT molecular complexity index is 139. The minimum Gasteiger partial charge on any atom is -0.413 e. The largest absolute Gasteiger partial charge is 0.413 e. The first-order valence-electron chi connectivity index (χ1n) is 5.35. The Morgan fingerprint density at radius 2 is 1.85 bits per heavy atom. The summed E-state index contributed by atoms with van der Waals surface area (Å²) >= 11 is 0. The highest BCUT2D eigenvalue weighted by atomic mass is 28.4. The van der Waals surface area contributed by atoms with Crippen molar-refractivity contribution >= 4 is 8.32 Å². The Hall–Kier alpha value is -0.0831. The first-order valence-corrected chi connectivity index (χ1v) is 7.88. The summed E-state index contributed by atoms with van der Waals surface area (Å²) in [4.78, 5) is 0. The van der Waals surface area contributed by atoms with Crippen LogP contribution in [-0.4, -0.2) is 14.9 Å². The van der Waals surface area contributed by atoms with Crippen molar-refractivity contribution in [1.29, 1.82) is 0 Å². The van der Waals surface area contributed by atoms with Gasteiger partial charge in [0.15, 0.2) is 8.32 Å². The molecule has 0 amide bonds. The van der Waals surface area contributed by atoms with Gasteiger partial charge in [-0.25, -0.2) is 0 Å². The van der Waals surface area contributed by atoms with Gasteiger partial charge in [-0.2, -0.15) is 0 Å². The molecule has 0 aliphatic heterocycles. The van der Waals surface area contributed by atoms with Crippen LogP contribution in [0.4, 0.5) is 0 Å². The molecule has 0 spiro atoms. The minimum atomic E-state index is -1.40. The second kappa shape index (κ2) is 6.38. The molecule has 0 saturated carbocycles. The maximum absolute atomic E-state index is 6.01. The molecule has 78 valence electrons. The van der Waals surface area contributed by atoms with Gasteiger partial charge in [0.1, 0.15) is 0 Å².